The summed E-state index contributed by atoms with van der Waals surface area (Å²) < 4.78 is 468. The SMILES string of the molecule is CC(COC(=O)CCCC(F)(F)C(F)(F)C(F)(F)C(F)(F)C(F)(F)C(F)(F)C(F)(F)C(F)(F)F)(COC(=O)CCCC(F)(F)C(F)(F)C(F)(F)C(F)(F)C(F)(F)C(F)(F)C(F)(F)C(F)(F)F)OC=O. The van der Waals surface area contributed by atoms with Gasteiger partial charge in [0.15, 0.2) is 5.60 Å². The molecule has 0 aromatic rings. The van der Waals surface area contributed by atoms with Gasteiger partial charge in [-0.1, -0.05) is 0 Å². The van der Waals surface area contributed by atoms with Crippen LogP contribution in [0.4, 0.5) is 149 Å². The van der Waals surface area contributed by atoms with Crippen LogP contribution in [-0.2, 0) is 28.6 Å². The molecule has 0 heterocycles. The fourth-order valence-corrected chi connectivity index (χ4v) is 4.45. The van der Waals surface area contributed by atoms with Crippen LogP contribution in [0.1, 0.15) is 45.4 Å². The first-order valence-electron chi connectivity index (χ1n) is 16.6. The first kappa shape index (κ1) is 65.0. The second-order valence-electron chi connectivity index (χ2n) is 14.0. The Morgan fingerprint density at radius 2 is 0.551 bits per heavy atom. The topological polar surface area (TPSA) is 78.9 Å². The molecule has 0 bridgehead atoms. The third kappa shape index (κ3) is 10.7. The summed E-state index contributed by atoms with van der Waals surface area (Å²) in [6, 6.07) is 0. The number of carbonyl (C=O) groups excluding carboxylic acids is 3. The van der Waals surface area contributed by atoms with E-state index >= 15 is 0 Å². The maximum absolute atomic E-state index is 14.1. The van der Waals surface area contributed by atoms with Crippen LogP contribution in [0.3, 0.4) is 0 Å². The molecule has 0 radical (unpaired) electrons. The van der Waals surface area contributed by atoms with Gasteiger partial charge in [-0.25, -0.2) is 0 Å². The Bertz CT molecular complexity index is 1680. The quantitative estimate of drug-likeness (QED) is 0.0372. The summed E-state index contributed by atoms with van der Waals surface area (Å²) in [6.07, 6.45) is -30.3. The van der Waals surface area contributed by atoms with Crippen molar-refractivity contribution in [3.63, 3.8) is 0 Å². The lowest BCUT2D eigenvalue weighted by Gasteiger charge is -2.42. The van der Waals surface area contributed by atoms with Crippen LogP contribution in [0.25, 0.3) is 0 Å². The molecule has 0 aliphatic rings. The summed E-state index contributed by atoms with van der Waals surface area (Å²) in [7, 11) is 0. The molecule has 0 N–H and O–H groups in total. The molecule has 0 aromatic heterocycles. The minimum absolute atomic E-state index is 0.448. The van der Waals surface area contributed by atoms with Crippen molar-refractivity contribution in [3.05, 3.63) is 0 Å². The maximum Gasteiger partial charge on any atom is 0.460 e. The largest absolute Gasteiger partial charge is 0.461 e. The van der Waals surface area contributed by atoms with E-state index in [0.717, 1.165) is 0 Å². The molecule has 0 amide bonds. The molecule has 0 unspecified atom stereocenters. The lowest BCUT2D eigenvalue weighted by molar-refractivity contribution is -0.461. The highest BCUT2D eigenvalue weighted by atomic mass is 19.4. The molecule has 69 heavy (non-hydrogen) atoms. The van der Waals surface area contributed by atoms with E-state index in [1.54, 1.807) is 0 Å². The van der Waals surface area contributed by atoms with Crippen molar-refractivity contribution in [3.8, 4) is 0 Å². The monoisotopic (exact) mass is 1110 g/mol. The molecule has 0 aromatic carbocycles. The van der Waals surface area contributed by atoms with Crippen molar-refractivity contribution >= 4 is 18.4 Å². The second kappa shape index (κ2) is 18.9. The van der Waals surface area contributed by atoms with E-state index < -0.39 is 171 Å². The average Bonchev–Trinajstić information content (AvgIpc) is 3.14. The van der Waals surface area contributed by atoms with Gasteiger partial charge < -0.3 is 14.2 Å². The smallest absolute Gasteiger partial charge is 0.460 e. The normalized spacial score (nSPS) is 15.8. The Hall–Kier alpha value is -3.97. The van der Waals surface area contributed by atoms with Gasteiger partial charge in [0, 0.05) is 25.7 Å². The van der Waals surface area contributed by atoms with Crippen LogP contribution in [0, 0.1) is 0 Å². The van der Waals surface area contributed by atoms with Gasteiger partial charge in [0.25, 0.3) is 6.47 Å². The van der Waals surface area contributed by atoms with Crippen LogP contribution < -0.4 is 0 Å². The first-order valence-corrected chi connectivity index (χ1v) is 16.6. The van der Waals surface area contributed by atoms with Crippen LogP contribution in [0.15, 0.2) is 0 Å². The fourth-order valence-electron chi connectivity index (χ4n) is 4.45. The molecule has 0 fully saturated rings. The van der Waals surface area contributed by atoms with Gasteiger partial charge in [-0.3, -0.25) is 14.4 Å². The highest BCUT2D eigenvalue weighted by molar-refractivity contribution is 5.70. The van der Waals surface area contributed by atoms with E-state index in [1.165, 1.54) is 0 Å². The lowest BCUT2D eigenvalue weighted by Crippen LogP contribution is -2.74. The summed E-state index contributed by atoms with van der Waals surface area (Å²) in [6.45, 7) is -3.53. The number of ether oxygens (including phenoxy) is 3. The molecule has 0 aliphatic heterocycles. The third-order valence-corrected chi connectivity index (χ3v) is 8.73. The van der Waals surface area contributed by atoms with Gasteiger partial charge in [0.2, 0.25) is 0 Å². The standard InChI is InChI=1S/C29H20F34O6/c1-13(69-10-64,8-67-11(65)4-2-6-14(30,31)16(34,35)18(38,39)20(42,43)22(46,47)24(50,51)26(54,55)28(58,59)60)9-68-12(66)5-3-7-15(32,33)17(36,37)19(40,41)21(44,45)23(48,49)25(52,53)27(56,57)29(61,62)63/h10H,2-9H2,1H3. The molecule has 0 aliphatic carbocycles. The summed E-state index contributed by atoms with van der Waals surface area (Å²) in [5.41, 5.74) is -2.71. The van der Waals surface area contributed by atoms with E-state index in [9.17, 15) is 164 Å². The summed E-state index contributed by atoms with van der Waals surface area (Å²) in [5, 5.41) is 0. The first-order chi connectivity index (χ1) is 29.8. The molecule has 0 saturated carbocycles. The van der Waals surface area contributed by atoms with Crippen molar-refractivity contribution in [1.82, 2.24) is 0 Å². The zero-order valence-corrected chi connectivity index (χ0v) is 32.0. The van der Waals surface area contributed by atoms with E-state index in [1.807, 2.05) is 0 Å². The maximum atomic E-state index is 14.1. The predicted molar refractivity (Wildman–Crippen MR) is 147 cm³/mol. The number of halogens is 34. The molecule has 0 saturated heterocycles. The van der Waals surface area contributed by atoms with Gasteiger partial charge in [0.05, 0.1) is 0 Å². The van der Waals surface area contributed by atoms with Gasteiger partial charge in [0.1, 0.15) is 13.2 Å². The van der Waals surface area contributed by atoms with Gasteiger partial charge >= 0.3 is 107 Å². The van der Waals surface area contributed by atoms with Gasteiger partial charge in [-0.05, 0) is 19.8 Å². The Morgan fingerprint density at radius 3 is 0.754 bits per heavy atom. The Morgan fingerprint density at radius 1 is 0.348 bits per heavy atom. The van der Waals surface area contributed by atoms with Crippen LogP contribution in [-0.4, -0.2) is 132 Å². The summed E-state index contributed by atoms with van der Waals surface area (Å²) in [4.78, 5) is 34.5. The van der Waals surface area contributed by atoms with Gasteiger partial charge in [-0.15, -0.1) is 0 Å². The van der Waals surface area contributed by atoms with Crippen molar-refractivity contribution < 1.29 is 178 Å². The molecular weight excluding hydrogens is 1090 g/mol. The second-order valence-corrected chi connectivity index (χ2v) is 14.0. The fraction of sp³-hybridized carbons (Fsp3) is 0.897. The molecular formula is C29H20F34O6. The molecule has 40 heteroatoms. The zero-order valence-electron chi connectivity index (χ0n) is 32.0. The van der Waals surface area contributed by atoms with Crippen molar-refractivity contribution in [1.29, 1.82) is 0 Å². The summed E-state index contributed by atoms with van der Waals surface area (Å²) >= 11 is 0. The number of carbonyl (C=O) groups is 3. The minimum Gasteiger partial charge on any atom is -0.461 e. The highest BCUT2D eigenvalue weighted by Crippen LogP contribution is 2.66. The summed E-state index contributed by atoms with van der Waals surface area (Å²) in [5.74, 6) is -122. The van der Waals surface area contributed by atoms with Crippen molar-refractivity contribution in [2.75, 3.05) is 13.2 Å². The third-order valence-electron chi connectivity index (χ3n) is 8.73. The molecule has 0 rings (SSSR count). The van der Waals surface area contributed by atoms with Crippen LogP contribution >= 0.6 is 0 Å². The number of alkyl halides is 34. The Kier molecular flexibility index (Phi) is 17.8. The van der Waals surface area contributed by atoms with E-state index in [-0.39, 0.29) is 0 Å². The van der Waals surface area contributed by atoms with Crippen molar-refractivity contribution in [2.45, 2.75) is 146 Å². The van der Waals surface area contributed by atoms with Crippen LogP contribution in [0.5, 0.6) is 0 Å². The van der Waals surface area contributed by atoms with E-state index in [0.29, 0.717) is 6.92 Å². The Balaban J connectivity index is 5.88. The van der Waals surface area contributed by atoms with Gasteiger partial charge in [-0.2, -0.15) is 149 Å². The van der Waals surface area contributed by atoms with Crippen molar-refractivity contribution in [2.24, 2.45) is 0 Å². The lowest BCUT2D eigenvalue weighted by atomic mass is 9.88. The average molecular weight is 1110 g/mol. The van der Waals surface area contributed by atoms with Crippen LogP contribution in [0.2, 0.25) is 0 Å². The number of rotatable bonds is 26. The minimum atomic E-state index is -8.94. The molecule has 0 atom stereocenters. The molecule has 0 spiro atoms. The number of hydrogen-bond donors (Lipinski definition) is 0. The predicted octanol–water partition coefficient (Wildman–Crippen LogP) is 12.4. The highest BCUT2D eigenvalue weighted by Gasteiger charge is 2.97. The van der Waals surface area contributed by atoms with E-state index in [2.05, 4.69) is 14.2 Å². The molecule has 6 nitrogen and oxygen atoms in total. The van der Waals surface area contributed by atoms with E-state index in [4.69, 9.17) is 0 Å². The zero-order chi connectivity index (χ0) is 56.1. The molecule has 410 valence electrons. The number of hydrogen-bond acceptors (Lipinski definition) is 6. The number of esters is 2. The Labute approximate surface area is 356 Å².